The van der Waals surface area contributed by atoms with Crippen molar-refractivity contribution in [2.45, 2.75) is 31.7 Å². The Bertz CT molecular complexity index is 415. The molecular formula is C13H19ClN2O4. The van der Waals surface area contributed by atoms with Crippen LogP contribution in [0.4, 0.5) is 0 Å². The molecule has 2 saturated heterocycles. The number of carbonyl (C=O) groups is 3. The highest BCUT2D eigenvalue weighted by atomic mass is 35.5. The molecule has 2 heterocycles. The molecule has 2 atom stereocenters. The summed E-state index contributed by atoms with van der Waals surface area (Å²) in [5, 5.41) is 8.97. The van der Waals surface area contributed by atoms with Crippen molar-refractivity contribution in [2.75, 3.05) is 25.5 Å². The first-order valence-electron chi connectivity index (χ1n) is 6.89. The third kappa shape index (κ3) is 3.23. The lowest BCUT2D eigenvalue weighted by molar-refractivity contribution is -0.141. The first kappa shape index (κ1) is 15.1. The number of likely N-dealkylation sites (tertiary alicyclic amines) is 2. The number of hydrogen-bond donors (Lipinski definition) is 1. The number of carboxylic acid groups (broad SMARTS) is 1. The van der Waals surface area contributed by atoms with E-state index in [4.69, 9.17) is 16.7 Å². The molecule has 2 aliphatic heterocycles. The van der Waals surface area contributed by atoms with E-state index in [0.717, 1.165) is 6.42 Å². The summed E-state index contributed by atoms with van der Waals surface area (Å²) < 4.78 is 0. The number of halogens is 1. The van der Waals surface area contributed by atoms with Crippen molar-refractivity contribution < 1.29 is 19.5 Å². The van der Waals surface area contributed by atoms with Crippen molar-refractivity contribution in [3.63, 3.8) is 0 Å². The van der Waals surface area contributed by atoms with Crippen LogP contribution in [-0.2, 0) is 14.4 Å². The van der Waals surface area contributed by atoms with Crippen LogP contribution in [0.5, 0.6) is 0 Å². The van der Waals surface area contributed by atoms with Crippen molar-refractivity contribution in [2.24, 2.45) is 5.92 Å². The second kappa shape index (κ2) is 6.43. The average Bonchev–Trinajstić information content (AvgIpc) is 3.02. The van der Waals surface area contributed by atoms with Crippen LogP contribution in [0.15, 0.2) is 0 Å². The molecular weight excluding hydrogens is 284 g/mol. The fraction of sp³-hybridized carbons (Fsp3) is 0.769. The van der Waals surface area contributed by atoms with Crippen molar-refractivity contribution in [3.8, 4) is 0 Å². The van der Waals surface area contributed by atoms with Crippen LogP contribution in [0, 0.1) is 5.92 Å². The number of carboxylic acids is 1. The molecule has 0 aromatic rings. The van der Waals surface area contributed by atoms with E-state index in [9.17, 15) is 14.4 Å². The highest BCUT2D eigenvalue weighted by Crippen LogP contribution is 2.25. The van der Waals surface area contributed by atoms with Gasteiger partial charge in [0.05, 0.1) is 12.0 Å². The Morgan fingerprint density at radius 3 is 2.70 bits per heavy atom. The van der Waals surface area contributed by atoms with Gasteiger partial charge in [0.1, 0.15) is 0 Å². The van der Waals surface area contributed by atoms with Gasteiger partial charge in [-0.3, -0.25) is 14.4 Å². The summed E-state index contributed by atoms with van der Waals surface area (Å²) in [4.78, 5) is 38.1. The molecule has 2 fully saturated rings. The smallest absolute Gasteiger partial charge is 0.308 e. The van der Waals surface area contributed by atoms with E-state index < -0.39 is 11.9 Å². The first-order valence-corrected chi connectivity index (χ1v) is 7.42. The van der Waals surface area contributed by atoms with Crippen molar-refractivity contribution >= 4 is 29.4 Å². The Labute approximate surface area is 122 Å². The normalized spacial score (nSPS) is 26.4. The largest absolute Gasteiger partial charge is 0.481 e. The molecule has 0 aromatic heterocycles. The maximum Gasteiger partial charge on any atom is 0.308 e. The first-order chi connectivity index (χ1) is 9.52. The molecule has 2 amide bonds. The van der Waals surface area contributed by atoms with Gasteiger partial charge in [0.2, 0.25) is 11.8 Å². The predicted molar refractivity (Wildman–Crippen MR) is 72.4 cm³/mol. The Balaban J connectivity index is 1.88. The summed E-state index contributed by atoms with van der Waals surface area (Å²) in [5.74, 6) is -1.11. The van der Waals surface area contributed by atoms with Gasteiger partial charge in [-0.05, 0) is 12.8 Å². The fourth-order valence-electron chi connectivity index (χ4n) is 2.85. The molecule has 2 rings (SSSR count). The van der Waals surface area contributed by atoms with Crippen molar-refractivity contribution in [1.29, 1.82) is 0 Å². The van der Waals surface area contributed by atoms with Crippen LogP contribution < -0.4 is 0 Å². The lowest BCUT2D eigenvalue weighted by Crippen LogP contribution is -2.40. The Morgan fingerprint density at radius 2 is 2.10 bits per heavy atom. The highest BCUT2D eigenvalue weighted by Gasteiger charge is 2.40. The van der Waals surface area contributed by atoms with E-state index in [1.54, 1.807) is 9.80 Å². The van der Waals surface area contributed by atoms with Crippen LogP contribution in [0.1, 0.15) is 25.7 Å². The average molecular weight is 303 g/mol. The second-order valence-corrected chi connectivity index (χ2v) is 5.74. The van der Waals surface area contributed by atoms with Gasteiger partial charge >= 0.3 is 5.97 Å². The second-order valence-electron chi connectivity index (χ2n) is 5.36. The molecule has 0 radical (unpaired) electrons. The lowest BCUT2D eigenvalue weighted by Gasteiger charge is -2.24. The van der Waals surface area contributed by atoms with E-state index in [-0.39, 0.29) is 30.8 Å². The molecule has 2 aliphatic rings. The summed E-state index contributed by atoms with van der Waals surface area (Å²) in [6.07, 6.45) is 1.89. The van der Waals surface area contributed by atoms with E-state index >= 15 is 0 Å². The number of alkyl halides is 1. The summed E-state index contributed by atoms with van der Waals surface area (Å²) in [5.41, 5.74) is 0. The maximum atomic E-state index is 11.9. The summed E-state index contributed by atoms with van der Waals surface area (Å²) in [6, 6.07) is -0.0354. The highest BCUT2D eigenvalue weighted by molar-refractivity contribution is 6.17. The van der Waals surface area contributed by atoms with Crippen molar-refractivity contribution in [3.05, 3.63) is 0 Å². The van der Waals surface area contributed by atoms with Gasteiger partial charge < -0.3 is 14.9 Å². The monoisotopic (exact) mass is 302 g/mol. The molecule has 2 unspecified atom stereocenters. The van der Waals surface area contributed by atoms with Gasteiger partial charge in [-0.25, -0.2) is 0 Å². The molecule has 6 nitrogen and oxygen atoms in total. The zero-order chi connectivity index (χ0) is 14.7. The van der Waals surface area contributed by atoms with E-state index in [1.807, 2.05) is 0 Å². The van der Waals surface area contributed by atoms with Crippen LogP contribution in [-0.4, -0.2) is 64.2 Å². The van der Waals surface area contributed by atoms with Crippen molar-refractivity contribution in [1.82, 2.24) is 9.80 Å². The van der Waals surface area contributed by atoms with Crippen LogP contribution in [0.2, 0.25) is 0 Å². The minimum atomic E-state index is -0.922. The molecule has 20 heavy (non-hydrogen) atoms. The Kier molecular flexibility index (Phi) is 4.86. The Morgan fingerprint density at radius 1 is 1.35 bits per heavy atom. The standard InChI is InChI=1S/C13H19ClN2O4/c14-4-1-2-11(17)15-5-3-10(8-15)16-7-9(13(19)20)6-12(16)18/h9-10H,1-8H2,(H,19,20). The SMILES string of the molecule is O=C(O)C1CC(=O)N(C2CCN(C(=O)CCCCl)C2)C1. The maximum absolute atomic E-state index is 11.9. The molecule has 1 N–H and O–H groups in total. The molecule has 7 heteroatoms. The minimum absolute atomic E-state index is 0.0354. The number of amides is 2. The van der Waals surface area contributed by atoms with Gasteiger partial charge in [0, 0.05) is 38.4 Å². The lowest BCUT2D eigenvalue weighted by atomic mass is 10.1. The third-order valence-corrected chi connectivity index (χ3v) is 4.26. The van der Waals surface area contributed by atoms with E-state index in [2.05, 4.69) is 0 Å². The molecule has 0 bridgehead atoms. The molecule has 0 aliphatic carbocycles. The summed E-state index contributed by atoms with van der Waals surface area (Å²) in [7, 11) is 0. The fourth-order valence-corrected chi connectivity index (χ4v) is 2.98. The zero-order valence-corrected chi connectivity index (χ0v) is 12.0. The van der Waals surface area contributed by atoms with Crippen LogP contribution in [0.3, 0.4) is 0 Å². The number of nitrogens with zero attached hydrogens (tertiary/aromatic N) is 2. The zero-order valence-electron chi connectivity index (χ0n) is 11.3. The van der Waals surface area contributed by atoms with Crippen LogP contribution in [0.25, 0.3) is 0 Å². The van der Waals surface area contributed by atoms with E-state index in [0.29, 0.717) is 31.8 Å². The minimum Gasteiger partial charge on any atom is -0.481 e. The van der Waals surface area contributed by atoms with Gasteiger partial charge in [-0.1, -0.05) is 0 Å². The number of rotatable bonds is 5. The predicted octanol–water partition coefficient (Wildman–Crippen LogP) is 0.539. The molecule has 0 aromatic carbocycles. The van der Waals surface area contributed by atoms with Gasteiger partial charge in [0.25, 0.3) is 0 Å². The third-order valence-electron chi connectivity index (χ3n) is 3.99. The number of aliphatic carboxylic acids is 1. The van der Waals surface area contributed by atoms with Gasteiger partial charge in [0.15, 0.2) is 0 Å². The Hall–Kier alpha value is -1.30. The van der Waals surface area contributed by atoms with Crippen LogP contribution >= 0.6 is 11.6 Å². The van der Waals surface area contributed by atoms with E-state index in [1.165, 1.54) is 0 Å². The summed E-state index contributed by atoms with van der Waals surface area (Å²) in [6.45, 7) is 1.41. The molecule has 0 saturated carbocycles. The topological polar surface area (TPSA) is 77.9 Å². The molecule has 112 valence electrons. The number of hydrogen-bond acceptors (Lipinski definition) is 3. The number of carbonyl (C=O) groups excluding carboxylic acids is 2. The molecule has 0 spiro atoms. The van der Waals surface area contributed by atoms with Gasteiger partial charge in [-0.15, -0.1) is 11.6 Å². The van der Waals surface area contributed by atoms with Gasteiger partial charge in [-0.2, -0.15) is 0 Å². The summed E-state index contributed by atoms with van der Waals surface area (Å²) >= 11 is 5.57. The quantitative estimate of drug-likeness (QED) is 0.752.